The predicted octanol–water partition coefficient (Wildman–Crippen LogP) is 6.28. The van der Waals surface area contributed by atoms with Crippen LogP contribution < -0.4 is 29.2 Å². The zero-order valence-electron chi connectivity index (χ0n) is 24.0. The quantitative estimate of drug-likeness (QED) is 0.339. The Hall–Kier alpha value is -3.31. The van der Waals surface area contributed by atoms with Crippen LogP contribution in [0.5, 0.6) is 23.0 Å². The molecule has 3 aliphatic rings. The van der Waals surface area contributed by atoms with Gasteiger partial charge in [-0.25, -0.2) is 9.37 Å². The maximum absolute atomic E-state index is 15.7. The molecular formula is C30H35BrFN5O4. The van der Waals surface area contributed by atoms with Crippen molar-refractivity contribution in [2.24, 2.45) is 0 Å². The Morgan fingerprint density at radius 1 is 0.976 bits per heavy atom. The summed E-state index contributed by atoms with van der Waals surface area (Å²) in [7, 11) is 2.16. The van der Waals surface area contributed by atoms with Crippen LogP contribution in [0.1, 0.15) is 46.1 Å². The van der Waals surface area contributed by atoms with Crippen LogP contribution in [0.25, 0.3) is 0 Å². The molecule has 0 aliphatic carbocycles. The first-order valence-electron chi connectivity index (χ1n) is 13.8. The molecule has 0 spiro atoms. The summed E-state index contributed by atoms with van der Waals surface area (Å²) in [5.41, 5.74) is 1.43. The van der Waals surface area contributed by atoms with Gasteiger partial charge in [0, 0.05) is 39.9 Å². The second-order valence-electron chi connectivity index (χ2n) is 12.0. The molecule has 0 amide bonds. The van der Waals surface area contributed by atoms with E-state index < -0.39 is 5.82 Å². The molecule has 11 heteroatoms. The van der Waals surface area contributed by atoms with E-state index in [0.717, 1.165) is 28.6 Å². The van der Waals surface area contributed by atoms with Crippen LogP contribution in [0.2, 0.25) is 0 Å². The number of anilines is 3. The van der Waals surface area contributed by atoms with Gasteiger partial charge in [-0.1, -0.05) is 15.9 Å². The number of hydrogen-bond acceptors (Lipinski definition) is 9. The summed E-state index contributed by atoms with van der Waals surface area (Å²) in [5, 5.41) is 3.22. The highest BCUT2D eigenvalue weighted by molar-refractivity contribution is 9.10. The van der Waals surface area contributed by atoms with Crippen LogP contribution in [0.3, 0.4) is 0 Å². The number of nitrogens with zero attached hydrogens (tertiary/aromatic N) is 4. The molecule has 0 atom stereocenters. The van der Waals surface area contributed by atoms with Gasteiger partial charge in [-0.15, -0.1) is 0 Å². The normalized spacial score (nSPS) is 19.2. The fourth-order valence-corrected chi connectivity index (χ4v) is 6.50. The number of fused-ring (bicyclic) bond motifs is 2. The molecule has 0 unspecified atom stereocenters. The van der Waals surface area contributed by atoms with E-state index in [2.05, 4.69) is 70.8 Å². The molecule has 218 valence electrons. The molecule has 3 aliphatic heterocycles. The molecule has 1 fully saturated rings. The van der Waals surface area contributed by atoms with Crippen molar-refractivity contribution in [3.05, 3.63) is 52.4 Å². The Kier molecular flexibility index (Phi) is 7.14. The van der Waals surface area contributed by atoms with Crippen LogP contribution in [-0.4, -0.2) is 59.0 Å². The van der Waals surface area contributed by atoms with Gasteiger partial charge < -0.3 is 29.2 Å². The van der Waals surface area contributed by atoms with Gasteiger partial charge in [-0.05, 0) is 77.4 Å². The number of ether oxygens (including phenoxy) is 4. The minimum Gasteiger partial charge on any atom is -0.486 e. The van der Waals surface area contributed by atoms with E-state index in [9.17, 15) is 0 Å². The number of piperidine rings is 1. The van der Waals surface area contributed by atoms with Gasteiger partial charge in [-0.3, -0.25) is 4.90 Å². The summed E-state index contributed by atoms with van der Waals surface area (Å²) < 4.78 is 39.2. The molecule has 41 heavy (non-hydrogen) atoms. The summed E-state index contributed by atoms with van der Waals surface area (Å²) in [5.74, 6) is 2.75. The average molecular weight is 629 g/mol. The Morgan fingerprint density at radius 3 is 2.37 bits per heavy atom. The summed E-state index contributed by atoms with van der Waals surface area (Å²) in [4.78, 5) is 13.5. The van der Waals surface area contributed by atoms with Gasteiger partial charge in [0.15, 0.2) is 34.6 Å². The van der Waals surface area contributed by atoms with Crippen molar-refractivity contribution in [2.45, 2.75) is 64.2 Å². The van der Waals surface area contributed by atoms with Crippen molar-refractivity contribution in [3.63, 3.8) is 0 Å². The molecule has 0 radical (unpaired) electrons. The number of halogens is 2. The van der Waals surface area contributed by atoms with Crippen LogP contribution in [-0.2, 0) is 6.54 Å². The Labute approximate surface area is 248 Å². The number of nitrogens with one attached hydrogen (secondary N) is 1. The van der Waals surface area contributed by atoms with Crippen molar-refractivity contribution in [1.29, 1.82) is 0 Å². The summed E-state index contributed by atoms with van der Waals surface area (Å²) in [6.45, 7) is 10.5. The SMILES string of the molecule is CN1C(C)(C)CC(N(Cc2cc3c(cc2Br)OCO3)c2nc(Nc3ccc4c(c3)OCCO4)ncc2F)CC1(C)C. The molecule has 9 nitrogen and oxygen atoms in total. The summed E-state index contributed by atoms with van der Waals surface area (Å²) >= 11 is 3.71. The van der Waals surface area contributed by atoms with E-state index in [4.69, 9.17) is 23.9 Å². The maximum atomic E-state index is 15.7. The highest BCUT2D eigenvalue weighted by Crippen LogP contribution is 2.43. The zero-order chi connectivity index (χ0) is 28.9. The Bertz CT molecular complexity index is 1450. The Balaban J connectivity index is 1.37. The molecule has 1 aromatic heterocycles. The second-order valence-corrected chi connectivity index (χ2v) is 12.9. The molecule has 3 aromatic rings. The number of hydrogen-bond donors (Lipinski definition) is 1. The lowest BCUT2D eigenvalue weighted by Crippen LogP contribution is -2.62. The van der Waals surface area contributed by atoms with Crippen molar-refractivity contribution < 1.29 is 23.3 Å². The first-order valence-corrected chi connectivity index (χ1v) is 14.6. The maximum Gasteiger partial charge on any atom is 0.231 e. The largest absolute Gasteiger partial charge is 0.486 e. The zero-order valence-corrected chi connectivity index (χ0v) is 25.5. The van der Waals surface area contributed by atoms with Crippen molar-refractivity contribution in [2.75, 3.05) is 37.3 Å². The number of benzene rings is 2. The third kappa shape index (κ3) is 5.49. The molecule has 0 saturated carbocycles. The van der Waals surface area contributed by atoms with E-state index >= 15 is 4.39 Å². The smallest absolute Gasteiger partial charge is 0.231 e. The molecule has 0 bridgehead atoms. The van der Waals surface area contributed by atoms with Gasteiger partial charge in [0.1, 0.15) is 13.2 Å². The van der Waals surface area contributed by atoms with E-state index in [1.54, 1.807) is 0 Å². The van der Waals surface area contributed by atoms with Crippen molar-refractivity contribution >= 4 is 33.4 Å². The first-order chi connectivity index (χ1) is 19.5. The van der Waals surface area contributed by atoms with Crippen LogP contribution in [0, 0.1) is 5.82 Å². The molecule has 6 rings (SSSR count). The fraction of sp³-hybridized carbons (Fsp3) is 0.467. The lowest BCUT2D eigenvalue weighted by atomic mass is 9.77. The highest BCUT2D eigenvalue weighted by Gasteiger charge is 2.45. The van der Waals surface area contributed by atoms with Crippen molar-refractivity contribution in [3.8, 4) is 23.0 Å². The lowest BCUT2D eigenvalue weighted by molar-refractivity contribution is -0.0132. The lowest BCUT2D eigenvalue weighted by Gasteiger charge is -2.55. The van der Waals surface area contributed by atoms with Gasteiger partial charge in [0.25, 0.3) is 0 Å². The van der Waals surface area contributed by atoms with E-state index in [0.29, 0.717) is 48.7 Å². The number of aromatic nitrogens is 2. The minimum atomic E-state index is -0.482. The Morgan fingerprint density at radius 2 is 1.63 bits per heavy atom. The second kappa shape index (κ2) is 10.5. The average Bonchev–Trinajstić information content (AvgIpc) is 3.38. The first kappa shape index (κ1) is 27.8. The van der Waals surface area contributed by atoms with Gasteiger partial charge in [0.05, 0.1) is 6.20 Å². The van der Waals surface area contributed by atoms with Gasteiger partial charge in [0.2, 0.25) is 12.7 Å². The molecule has 1 N–H and O–H groups in total. The molecule has 1 saturated heterocycles. The van der Waals surface area contributed by atoms with Crippen LogP contribution >= 0.6 is 15.9 Å². The third-order valence-electron chi connectivity index (χ3n) is 8.41. The molecular weight excluding hydrogens is 593 g/mol. The predicted molar refractivity (Wildman–Crippen MR) is 158 cm³/mol. The van der Waals surface area contributed by atoms with E-state index in [-0.39, 0.29) is 29.7 Å². The topological polar surface area (TPSA) is 81.2 Å². The number of likely N-dealkylation sites (tertiary alicyclic amines) is 1. The standard InChI is InChI=1S/C30H35BrFN5O4/c1-29(2)13-20(14-30(3,4)36(29)5)37(16-18-10-24-26(12-21(18)31)41-17-40-24)27-22(32)15-33-28(35-27)34-19-6-7-23-25(11-19)39-9-8-38-23/h6-7,10-12,15,20H,8-9,13-14,16-17H2,1-5H3,(H,33,34,35). The number of rotatable bonds is 6. The van der Waals surface area contributed by atoms with Gasteiger partial charge in [-0.2, -0.15) is 4.98 Å². The summed E-state index contributed by atoms with van der Waals surface area (Å²) in [6, 6.07) is 9.41. The third-order valence-corrected chi connectivity index (χ3v) is 9.14. The summed E-state index contributed by atoms with van der Waals surface area (Å²) in [6.07, 6.45) is 2.88. The molecule has 4 heterocycles. The fourth-order valence-electron chi connectivity index (χ4n) is 6.05. The van der Waals surface area contributed by atoms with Crippen LogP contribution in [0.15, 0.2) is 41.0 Å². The van der Waals surface area contributed by atoms with Gasteiger partial charge >= 0.3 is 0 Å². The van der Waals surface area contributed by atoms with E-state index in [1.807, 2.05) is 30.3 Å². The molecule has 2 aromatic carbocycles. The highest BCUT2D eigenvalue weighted by atomic mass is 79.9. The monoisotopic (exact) mass is 627 g/mol. The minimum absolute atomic E-state index is 0.0000613. The van der Waals surface area contributed by atoms with Crippen molar-refractivity contribution in [1.82, 2.24) is 14.9 Å². The van der Waals surface area contributed by atoms with Crippen LogP contribution in [0.4, 0.5) is 21.8 Å². The van der Waals surface area contributed by atoms with E-state index in [1.165, 1.54) is 6.20 Å².